The predicted molar refractivity (Wildman–Crippen MR) is 85.2 cm³/mol. The van der Waals surface area contributed by atoms with E-state index in [1.54, 1.807) is 12.4 Å². The van der Waals surface area contributed by atoms with E-state index < -0.39 is 0 Å². The summed E-state index contributed by atoms with van der Waals surface area (Å²) in [5.41, 5.74) is 7.35. The number of fused-ring (bicyclic) bond motifs is 1. The van der Waals surface area contributed by atoms with Gasteiger partial charge in [-0.05, 0) is 25.7 Å². The molecule has 0 bridgehead atoms. The highest BCUT2D eigenvalue weighted by Crippen LogP contribution is 2.40. The fraction of sp³-hybridized carbons (Fsp3) is 0.462. The summed E-state index contributed by atoms with van der Waals surface area (Å²) in [7, 11) is 0. The highest BCUT2D eigenvalue weighted by molar-refractivity contribution is 14.1. The summed E-state index contributed by atoms with van der Waals surface area (Å²) in [4.78, 5) is 20.1. The van der Waals surface area contributed by atoms with Crippen molar-refractivity contribution in [3.8, 4) is 0 Å². The lowest BCUT2D eigenvalue weighted by Gasteiger charge is -2.27. The summed E-state index contributed by atoms with van der Waals surface area (Å²) in [6.07, 6.45) is 8.85. The molecule has 3 aliphatic rings. The number of amidine groups is 1. The maximum absolute atomic E-state index is 11.2. The molecule has 1 atom stereocenters. The van der Waals surface area contributed by atoms with Crippen molar-refractivity contribution >= 4 is 38.6 Å². The highest BCUT2D eigenvalue weighted by Gasteiger charge is 2.44. The van der Waals surface area contributed by atoms with Crippen LogP contribution in [0.15, 0.2) is 33.8 Å². The quantitative estimate of drug-likeness (QED) is 0.326. The van der Waals surface area contributed by atoms with Crippen LogP contribution >= 0.6 is 22.6 Å². The van der Waals surface area contributed by atoms with Gasteiger partial charge in [0.05, 0.1) is 35.0 Å². The standard InChI is InChI=1S/C13H16IN5O/c14-13-18-11(10-7-17-5-6-19(10,13)16)8-1-3-9(4-2-8)12(15)20/h5-9H,1-4,16H2,(H-,15,20)/p+1. The molecule has 1 amide bonds. The van der Waals surface area contributed by atoms with Gasteiger partial charge in [-0.2, -0.15) is 10.8 Å². The van der Waals surface area contributed by atoms with Gasteiger partial charge < -0.3 is 5.73 Å². The molecule has 0 aromatic heterocycles. The monoisotopic (exact) mass is 386 g/mol. The maximum atomic E-state index is 11.2. The summed E-state index contributed by atoms with van der Waals surface area (Å²) in [6.45, 7) is 0. The number of amides is 1. The average molecular weight is 386 g/mol. The molecule has 7 heteroatoms. The first kappa shape index (κ1) is 13.9. The van der Waals surface area contributed by atoms with Crippen molar-refractivity contribution in [1.82, 2.24) is 0 Å². The molecule has 2 heterocycles. The number of halogens is 1. The minimum atomic E-state index is -0.184. The normalized spacial score (nSPS) is 36.0. The van der Waals surface area contributed by atoms with E-state index in [0.717, 1.165) is 40.9 Å². The van der Waals surface area contributed by atoms with Crippen LogP contribution in [0.3, 0.4) is 0 Å². The van der Waals surface area contributed by atoms with Crippen LogP contribution in [0.1, 0.15) is 25.7 Å². The Morgan fingerprint density at radius 2 is 2.05 bits per heavy atom. The number of carbonyl (C=O) groups excluding carboxylic acids is 1. The molecule has 0 aromatic carbocycles. The fourth-order valence-electron chi connectivity index (χ4n) is 3.04. The Balaban J connectivity index is 1.85. The number of carbonyl (C=O) groups is 1. The van der Waals surface area contributed by atoms with Crippen molar-refractivity contribution in [3.63, 3.8) is 0 Å². The lowest BCUT2D eigenvalue weighted by molar-refractivity contribution is -0.745. The second-order valence-corrected chi connectivity index (χ2v) is 6.42. The largest absolute Gasteiger partial charge is 0.369 e. The van der Waals surface area contributed by atoms with E-state index in [1.807, 2.05) is 6.20 Å². The van der Waals surface area contributed by atoms with Crippen molar-refractivity contribution in [1.29, 1.82) is 0 Å². The van der Waals surface area contributed by atoms with Crippen LogP contribution in [0.2, 0.25) is 0 Å². The Bertz CT molecular complexity index is 571. The van der Waals surface area contributed by atoms with Gasteiger partial charge in [-0.1, -0.05) is 0 Å². The summed E-state index contributed by atoms with van der Waals surface area (Å²) in [6, 6.07) is 0. The number of quaternary nitrogens is 1. The molecule has 0 aromatic rings. The number of aliphatic imine (C=N–C) groups is 2. The number of allylic oxidation sites excluding steroid dienone is 2. The first-order valence-corrected chi connectivity index (χ1v) is 7.77. The third-order valence-corrected chi connectivity index (χ3v) is 5.32. The molecular weight excluding hydrogens is 369 g/mol. The number of nitrogens with zero attached hydrogens (tertiary/aromatic N) is 3. The Labute approximate surface area is 131 Å². The fourth-order valence-corrected chi connectivity index (χ4v) is 3.72. The predicted octanol–water partition coefficient (Wildman–Crippen LogP) is 1.54. The summed E-state index contributed by atoms with van der Waals surface area (Å²) in [5.74, 6) is 6.54. The molecule has 0 spiro atoms. The van der Waals surface area contributed by atoms with E-state index in [0.29, 0.717) is 5.92 Å². The maximum Gasteiger partial charge on any atom is 0.293 e. The van der Waals surface area contributed by atoms with Gasteiger partial charge in [-0.15, -0.1) is 4.59 Å². The zero-order valence-electron chi connectivity index (χ0n) is 11.0. The van der Waals surface area contributed by atoms with E-state index in [9.17, 15) is 4.79 Å². The summed E-state index contributed by atoms with van der Waals surface area (Å²) < 4.78 is 0.946. The zero-order valence-corrected chi connectivity index (χ0v) is 13.2. The van der Waals surface area contributed by atoms with Crippen molar-refractivity contribution < 1.29 is 9.39 Å². The minimum absolute atomic E-state index is 0.0124. The van der Waals surface area contributed by atoms with Gasteiger partial charge in [0.15, 0.2) is 0 Å². The third kappa shape index (κ3) is 2.13. The Hall–Kier alpha value is -1.06. The SMILES string of the molecule is NC(=O)C1CCC(C2=C3C=NC=C[N+]3(N)C(I)=N2)CC1. The third-order valence-electron chi connectivity index (χ3n) is 4.28. The van der Waals surface area contributed by atoms with Gasteiger partial charge in [0.25, 0.3) is 3.84 Å². The molecule has 4 N–H and O–H groups in total. The molecule has 106 valence electrons. The first-order valence-electron chi connectivity index (χ1n) is 6.69. The van der Waals surface area contributed by atoms with Gasteiger partial charge in [-0.3, -0.25) is 9.79 Å². The topological polar surface area (TPSA) is 93.8 Å². The lowest BCUT2D eigenvalue weighted by Crippen LogP contribution is -2.50. The zero-order chi connectivity index (χ0) is 14.3. The van der Waals surface area contributed by atoms with Crippen molar-refractivity contribution in [2.75, 3.05) is 0 Å². The van der Waals surface area contributed by atoms with Gasteiger partial charge >= 0.3 is 0 Å². The van der Waals surface area contributed by atoms with Crippen molar-refractivity contribution in [3.05, 3.63) is 23.8 Å². The van der Waals surface area contributed by atoms with E-state index >= 15 is 0 Å². The lowest BCUT2D eigenvalue weighted by atomic mass is 9.80. The number of rotatable bonds is 2. The van der Waals surface area contributed by atoms with Crippen molar-refractivity contribution in [2.45, 2.75) is 25.7 Å². The summed E-state index contributed by atoms with van der Waals surface area (Å²) >= 11 is 2.18. The number of nitrogens with two attached hydrogens (primary N) is 2. The molecule has 1 saturated carbocycles. The van der Waals surface area contributed by atoms with Crippen LogP contribution in [-0.2, 0) is 4.79 Å². The smallest absolute Gasteiger partial charge is 0.293 e. The van der Waals surface area contributed by atoms with E-state index in [1.165, 1.54) is 0 Å². The number of hydrogen-bond acceptors (Lipinski definition) is 4. The molecular formula is C13H17IN5O+. The van der Waals surface area contributed by atoms with Gasteiger partial charge in [0.2, 0.25) is 11.6 Å². The Morgan fingerprint density at radius 1 is 1.35 bits per heavy atom. The highest BCUT2D eigenvalue weighted by atomic mass is 127. The second-order valence-electron chi connectivity index (χ2n) is 5.46. The van der Waals surface area contributed by atoms with Crippen molar-refractivity contribution in [2.24, 2.45) is 33.4 Å². The van der Waals surface area contributed by atoms with Crippen LogP contribution in [0, 0.1) is 11.8 Å². The molecule has 6 nitrogen and oxygen atoms in total. The molecule has 20 heavy (non-hydrogen) atoms. The molecule has 1 fully saturated rings. The van der Waals surface area contributed by atoms with Gasteiger partial charge in [0, 0.05) is 11.8 Å². The number of primary amides is 1. The van der Waals surface area contributed by atoms with Crippen LogP contribution in [0.25, 0.3) is 0 Å². The van der Waals surface area contributed by atoms with Crippen LogP contribution in [0.5, 0.6) is 0 Å². The van der Waals surface area contributed by atoms with E-state index in [4.69, 9.17) is 11.6 Å². The second kappa shape index (κ2) is 5.05. The van der Waals surface area contributed by atoms with Gasteiger partial charge in [0.1, 0.15) is 11.9 Å². The molecule has 1 unspecified atom stereocenters. The van der Waals surface area contributed by atoms with E-state index in [2.05, 4.69) is 32.6 Å². The number of hydrogen-bond donors (Lipinski definition) is 2. The Morgan fingerprint density at radius 3 is 2.70 bits per heavy atom. The first-order chi connectivity index (χ1) is 9.52. The molecule has 2 aliphatic heterocycles. The molecule has 0 radical (unpaired) electrons. The van der Waals surface area contributed by atoms with Crippen LogP contribution < -0.4 is 11.6 Å². The molecule has 0 saturated heterocycles. The molecule has 3 rings (SSSR count). The average Bonchev–Trinajstić information content (AvgIpc) is 2.71. The van der Waals surface area contributed by atoms with Crippen LogP contribution in [-0.4, -0.2) is 20.6 Å². The van der Waals surface area contributed by atoms with Crippen LogP contribution in [0.4, 0.5) is 0 Å². The summed E-state index contributed by atoms with van der Waals surface area (Å²) in [5, 5.41) is 0. The molecule has 1 aliphatic carbocycles. The van der Waals surface area contributed by atoms with Gasteiger partial charge in [-0.25, -0.2) is 0 Å². The Kier molecular flexibility index (Phi) is 3.51. The van der Waals surface area contributed by atoms with E-state index in [-0.39, 0.29) is 16.4 Å². The minimum Gasteiger partial charge on any atom is -0.369 e.